The molecule has 0 atom stereocenters. The van der Waals surface area contributed by atoms with Gasteiger partial charge in [0.2, 0.25) is 0 Å². The third-order valence-corrected chi connectivity index (χ3v) is 5.59. The summed E-state index contributed by atoms with van der Waals surface area (Å²) in [6, 6.07) is 8.35. The van der Waals surface area contributed by atoms with Crippen LogP contribution >= 0.6 is 0 Å². The highest BCUT2D eigenvalue weighted by atomic mass is 16.3. The van der Waals surface area contributed by atoms with E-state index in [9.17, 15) is 9.90 Å². The van der Waals surface area contributed by atoms with E-state index in [4.69, 9.17) is 0 Å². The minimum absolute atomic E-state index is 0.0484. The molecule has 0 amide bonds. The van der Waals surface area contributed by atoms with Crippen LogP contribution in [0.1, 0.15) is 58.1 Å². The number of aliphatic hydroxyl groups is 1. The van der Waals surface area contributed by atoms with Crippen molar-refractivity contribution in [1.29, 1.82) is 0 Å². The number of likely N-dealkylation sites (N-methyl/N-ethyl adjacent to an activating group) is 1. The van der Waals surface area contributed by atoms with Crippen molar-refractivity contribution >= 4 is 17.6 Å². The molecule has 0 bridgehead atoms. The Morgan fingerprint density at radius 3 is 2.41 bits per heavy atom. The molecule has 1 fully saturated rings. The van der Waals surface area contributed by atoms with E-state index in [0.29, 0.717) is 19.0 Å². The number of aliphatic imine (C=N–C) groups is 1. The molecule has 0 spiro atoms. The third-order valence-electron chi connectivity index (χ3n) is 5.59. The van der Waals surface area contributed by atoms with Crippen molar-refractivity contribution in [1.82, 2.24) is 4.90 Å². The normalized spacial score (nSPS) is 22.3. The zero-order chi connectivity index (χ0) is 23.8. The molecule has 1 aromatic rings. The van der Waals surface area contributed by atoms with Gasteiger partial charge in [-0.05, 0) is 67.9 Å². The Labute approximate surface area is 193 Å². The summed E-state index contributed by atoms with van der Waals surface area (Å²) in [7, 11) is 2.05. The SMILES string of the molecule is C=C(/C(=C1/C(C)=C/C(O)=C(/C(C)=O)C=NCCN1C)c1ccccc1C)C1CC1.CCC. The van der Waals surface area contributed by atoms with Gasteiger partial charge in [0.15, 0.2) is 5.78 Å². The van der Waals surface area contributed by atoms with Gasteiger partial charge in [-0.15, -0.1) is 0 Å². The number of rotatable bonds is 4. The van der Waals surface area contributed by atoms with Crippen LogP contribution in [0.3, 0.4) is 0 Å². The molecule has 172 valence electrons. The van der Waals surface area contributed by atoms with Crippen LogP contribution in [0, 0.1) is 12.8 Å². The highest BCUT2D eigenvalue weighted by molar-refractivity contribution is 6.13. The summed E-state index contributed by atoms with van der Waals surface area (Å²) in [5, 5.41) is 10.6. The molecule has 1 aliphatic carbocycles. The molecular formula is C28H38N2O2. The molecule has 2 aliphatic rings. The van der Waals surface area contributed by atoms with Crippen LogP contribution in [0.25, 0.3) is 5.57 Å². The van der Waals surface area contributed by atoms with E-state index in [0.717, 1.165) is 40.8 Å². The molecule has 0 saturated heterocycles. The first-order chi connectivity index (χ1) is 15.2. The van der Waals surface area contributed by atoms with Gasteiger partial charge in [-0.3, -0.25) is 9.79 Å². The zero-order valence-corrected chi connectivity index (χ0v) is 20.5. The summed E-state index contributed by atoms with van der Waals surface area (Å²) in [5.41, 5.74) is 6.80. The monoisotopic (exact) mass is 434 g/mol. The molecule has 0 radical (unpaired) electrons. The summed E-state index contributed by atoms with van der Waals surface area (Å²) in [4.78, 5) is 18.5. The minimum atomic E-state index is -0.198. The first-order valence-corrected chi connectivity index (χ1v) is 11.6. The predicted octanol–water partition coefficient (Wildman–Crippen LogP) is 6.45. The minimum Gasteiger partial charge on any atom is -0.507 e. The Balaban J connectivity index is 0.00000114. The number of benzene rings is 1. The Morgan fingerprint density at radius 2 is 1.84 bits per heavy atom. The molecule has 1 N–H and O–H groups in total. The summed E-state index contributed by atoms with van der Waals surface area (Å²) in [5.74, 6) is 0.257. The van der Waals surface area contributed by atoms with Crippen molar-refractivity contribution in [3.63, 3.8) is 0 Å². The molecule has 0 aromatic heterocycles. The van der Waals surface area contributed by atoms with E-state index >= 15 is 0 Å². The van der Waals surface area contributed by atoms with Crippen LogP contribution in [0.5, 0.6) is 0 Å². The Kier molecular flexibility index (Phi) is 9.25. The lowest BCUT2D eigenvalue weighted by Crippen LogP contribution is -2.24. The fraction of sp³-hybridized carbons (Fsp3) is 0.429. The number of aryl methyl sites for hydroxylation is 1. The maximum atomic E-state index is 12.0. The molecule has 3 rings (SSSR count). The highest BCUT2D eigenvalue weighted by Crippen LogP contribution is 2.45. The van der Waals surface area contributed by atoms with Gasteiger partial charge >= 0.3 is 0 Å². The number of ketones is 1. The summed E-state index contributed by atoms with van der Waals surface area (Å²) < 4.78 is 0. The van der Waals surface area contributed by atoms with Crippen molar-refractivity contribution in [2.24, 2.45) is 10.9 Å². The van der Waals surface area contributed by atoms with Crippen LogP contribution in [0.4, 0.5) is 0 Å². The van der Waals surface area contributed by atoms with Gasteiger partial charge in [0, 0.05) is 31.1 Å². The lowest BCUT2D eigenvalue weighted by atomic mass is 9.88. The maximum Gasteiger partial charge on any atom is 0.165 e. The zero-order valence-electron chi connectivity index (χ0n) is 20.5. The molecule has 4 nitrogen and oxygen atoms in total. The van der Waals surface area contributed by atoms with Crippen molar-refractivity contribution in [3.8, 4) is 0 Å². The van der Waals surface area contributed by atoms with E-state index in [1.165, 1.54) is 25.1 Å². The molecule has 0 unspecified atom stereocenters. The molecule has 1 aliphatic heterocycles. The van der Waals surface area contributed by atoms with Crippen LogP contribution in [0.15, 0.2) is 70.1 Å². The average molecular weight is 435 g/mol. The van der Waals surface area contributed by atoms with E-state index in [2.05, 4.69) is 62.5 Å². The second-order valence-electron chi connectivity index (χ2n) is 8.68. The number of nitrogens with zero attached hydrogens (tertiary/aromatic N) is 2. The molecule has 32 heavy (non-hydrogen) atoms. The van der Waals surface area contributed by atoms with Gasteiger partial charge in [-0.1, -0.05) is 51.1 Å². The van der Waals surface area contributed by atoms with Gasteiger partial charge in [-0.2, -0.15) is 0 Å². The van der Waals surface area contributed by atoms with Gasteiger partial charge in [0.25, 0.3) is 0 Å². The van der Waals surface area contributed by atoms with Crippen LogP contribution in [0.2, 0.25) is 0 Å². The fourth-order valence-electron chi connectivity index (χ4n) is 3.79. The summed E-state index contributed by atoms with van der Waals surface area (Å²) in [6.07, 6.45) is 6.74. The predicted molar refractivity (Wildman–Crippen MR) is 136 cm³/mol. The molecular weight excluding hydrogens is 396 g/mol. The van der Waals surface area contributed by atoms with E-state index in [-0.39, 0.29) is 17.1 Å². The quantitative estimate of drug-likeness (QED) is 0.592. The molecule has 1 aromatic carbocycles. The lowest BCUT2D eigenvalue weighted by Gasteiger charge is -2.29. The maximum absolute atomic E-state index is 12.0. The fourth-order valence-corrected chi connectivity index (χ4v) is 3.79. The second kappa shape index (κ2) is 11.7. The van der Waals surface area contributed by atoms with Gasteiger partial charge in [-0.25, -0.2) is 0 Å². The standard InChI is InChI=1S/C25H30N2O2.C3H8/c1-16-8-6-7-9-21(16)24(18(3)20-10-11-20)25-17(2)14-23(29)22(19(4)28)15-26-12-13-27(25)5;1-3-2/h6-9,14-15,20,29H,3,10-13H2,1-2,4-5H3;3H2,1-2H3/b17-14+,23-22-,25-24+,26-15?;. The number of Topliss-reactive ketones (excluding diaryl/α,β-unsaturated/α-hetero) is 1. The number of carbonyl (C=O) groups excluding carboxylic acids is 1. The summed E-state index contributed by atoms with van der Waals surface area (Å²) in [6.45, 7) is 15.5. The Hall–Kier alpha value is -2.88. The summed E-state index contributed by atoms with van der Waals surface area (Å²) >= 11 is 0. The first kappa shape index (κ1) is 25.4. The highest BCUT2D eigenvalue weighted by Gasteiger charge is 2.30. The lowest BCUT2D eigenvalue weighted by molar-refractivity contribution is -0.113. The Morgan fingerprint density at radius 1 is 1.22 bits per heavy atom. The van der Waals surface area contributed by atoms with Crippen molar-refractivity contribution in [3.05, 3.63) is 76.2 Å². The van der Waals surface area contributed by atoms with Crippen molar-refractivity contribution in [2.75, 3.05) is 20.1 Å². The van der Waals surface area contributed by atoms with Crippen LogP contribution in [-0.4, -0.2) is 42.1 Å². The molecule has 4 heteroatoms. The first-order valence-electron chi connectivity index (χ1n) is 11.6. The van der Waals surface area contributed by atoms with Gasteiger partial charge < -0.3 is 10.0 Å². The van der Waals surface area contributed by atoms with E-state index in [1.54, 1.807) is 6.08 Å². The third kappa shape index (κ3) is 6.32. The number of hydrogen-bond donors (Lipinski definition) is 1. The topological polar surface area (TPSA) is 52.9 Å². The second-order valence-corrected chi connectivity index (χ2v) is 8.68. The smallest absolute Gasteiger partial charge is 0.165 e. The number of carbonyl (C=O) groups is 1. The van der Waals surface area contributed by atoms with Crippen LogP contribution < -0.4 is 0 Å². The number of aliphatic hydroxyl groups excluding tert-OH is 1. The molecule has 1 saturated carbocycles. The van der Waals surface area contributed by atoms with Gasteiger partial charge in [0.05, 0.1) is 12.1 Å². The van der Waals surface area contributed by atoms with Gasteiger partial charge in [0.1, 0.15) is 5.76 Å². The van der Waals surface area contributed by atoms with Crippen molar-refractivity contribution < 1.29 is 9.90 Å². The molecule has 1 heterocycles. The number of allylic oxidation sites excluding steroid dienone is 5. The van der Waals surface area contributed by atoms with Crippen molar-refractivity contribution in [2.45, 2.75) is 53.9 Å². The largest absolute Gasteiger partial charge is 0.507 e. The Bertz CT molecular complexity index is 975. The average Bonchev–Trinajstić information content (AvgIpc) is 3.57. The van der Waals surface area contributed by atoms with E-state index < -0.39 is 0 Å². The van der Waals surface area contributed by atoms with E-state index in [1.807, 2.05) is 13.0 Å². The number of hydrogen-bond acceptors (Lipinski definition) is 4. The van der Waals surface area contributed by atoms with Crippen LogP contribution in [-0.2, 0) is 4.79 Å².